The lowest BCUT2D eigenvalue weighted by molar-refractivity contribution is 0.358. The molecule has 1 aliphatic heterocycles. The van der Waals surface area contributed by atoms with E-state index in [0.29, 0.717) is 12.8 Å². The van der Waals surface area contributed by atoms with Crippen molar-refractivity contribution in [3.05, 3.63) is 0 Å². The van der Waals surface area contributed by atoms with E-state index >= 15 is 0 Å². The maximum atomic E-state index is 8.71. The summed E-state index contributed by atoms with van der Waals surface area (Å²) in [5.74, 6) is 0. The summed E-state index contributed by atoms with van der Waals surface area (Å²) in [6.45, 7) is 3.46. The van der Waals surface area contributed by atoms with E-state index in [9.17, 15) is 0 Å². The molecule has 4 nitrogen and oxygen atoms in total. The van der Waals surface area contributed by atoms with Crippen LogP contribution in [0.3, 0.4) is 0 Å². The molecule has 0 aromatic carbocycles. The molecule has 1 rings (SSSR count). The zero-order valence-corrected chi connectivity index (χ0v) is 7.20. The number of nitriles is 2. The molecule has 1 aliphatic rings. The smallest absolute Gasteiger partial charge is 0.164 e. The van der Waals surface area contributed by atoms with Crippen LogP contribution in [0.4, 0.5) is 0 Å². The predicted octanol–water partition coefficient (Wildman–Crippen LogP) is 1.80. The second-order valence-electron chi connectivity index (χ2n) is 3.47. The molecule has 2 atom stereocenters. The summed E-state index contributed by atoms with van der Waals surface area (Å²) < 4.78 is 0. The monoisotopic (exact) mass is 162 g/mol. The molecule has 0 saturated carbocycles. The van der Waals surface area contributed by atoms with Gasteiger partial charge in [-0.25, -0.2) is 0 Å². The Morgan fingerprint density at radius 3 is 1.50 bits per heavy atom. The highest BCUT2D eigenvalue weighted by atomic mass is 15.2. The second-order valence-corrected chi connectivity index (χ2v) is 3.47. The molecule has 0 radical (unpaired) electrons. The van der Waals surface area contributed by atoms with Crippen LogP contribution in [0.1, 0.15) is 26.7 Å². The maximum absolute atomic E-state index is 8.71. The van der Waals surface area contributed by atoms with Gasteiger partial charge in [-0.15, -0.1) is 0 Å². The number of hydrogen-bond acceptors (Lipinski definition) is 4. The first-order valence-electron chi connectivity index (χ1n) is 3.80. The van der Waals surface area contributed by atoms with E-state index in [4.69, 9.17) is 10.5 Å². The standard InChI is InChI=1S/C8H10N4/c1-7(5-9)3-4-8(2,6-10)12-11-7/h3-4H2,1-2H3. The van der Waals surface area contributed by atoms with Crippen molar-refractivity contribution < 1.29 is 0 Å². The van der Waals surface area contributed by atoms with Crippen LogP contribution < -0.4 is 0 Å². The van der Waals surface area contributed by atoms with E-state index in [-0.39, 0.29) is 0 Å². The Hall–Kier alpha value is -1.42. The van der Waals surface area contributed by atoms with Crippen LogP contribution >= 0.6 is 0 Å². The predicted molar refractivity (Wildman–Crippen MR) is 42.1 cm³/mol. The average molecular weight is 162 g/mol. The van der Waals surface area contributed by atoms with Gasteiger partial charge in [-0.2, -0.15) is 20.8 Å². The molecule has 0 N–H and O–H groups in total. The van der Waals surface area contributed by atoms with Gasteiger partial charge in [0, 0.05) is 0 Å². The Morgan fingerprint density at radius 2 is 1.33 bits per heavy atom. The molecule has 0 fully saturated rings. The molecule has 2 unspecified atom stereocenters. The van der Waals surface area contributed by atoms with Crippen LogP contribution in [0.15, 0.2) is 10.2 Å². The SMILES string of the molecule is CC1(C#N)CCC(C)(C#N)N=N1. The minimum absolute atomic E-state index is 0.608. The van der Waals surface area contributed by atoms with Gasteiger partial charge in [-0.3, -0.25) is 0 Å². The van der Waals surface area contributed by atoms with Gasteiger partial charge in [0.05, 0.1) is 12.1 Å². The summed E-state index contributed by atoms with van der Waals surface area (Å²) in [6, 6.07) is 4.14. The van der Waals surface area contributed by atoms with Crippen LogP contribution in [0, 0.1) is 22.7 Å². The number of hydrogen-bond donors (Lipinski definition) is 0. The Balaban J connectivity index is 2.88. The van der Waals surface area contributed by atoms with Crippen molar-refractivity contribution in [1.82, 2.24) is 0 Å². The van der Waals surface area contributed by atoms with Crippen molar-refractivity contribution in [3.63, 3.8) is 0 Å². The van der Waals surface area contributed by atoms with Crippen molar-refractivity contribution in [2.75, 3.05) is 0 Å². The van der Waals surface area contributed by atoms with Gasteiger partial charge < -0.3 is 0 Å². The lowest BCUT2D eigenvalue weighted by Gasteiger charge is -2.26. The van der Waals surface area contributed by atoms with E-state index < -0.39 is 11.1 Å². The van der Waals surface area contributed by atoms with E-state index in [1.54, 1.807) is 13.8 Å². The van der Waals surface area contributed by atoms with Crippen LogP contribution in [0.25, 0.3) is 0 Å². The molecule has 0 spiro atoms. The van der Waals surface area contributed by atoms with Gasteiger partial charge in [0.1, 0.15) is 0 Å². The highest BCUT2D eigenvalue weighted by Gasteiger charge is 2.35. The van der Waals surface area contributed by atoms with Gasteiger partial charge in [0.15, 0.2) is 11.1 Å². The van der Waals surface area contributed by atoms with Crippen LogP contribution in [0.2, 0.25) is 0 Å². The van der Waals surface area contributed by atoms with E-state index in [1.807, 2.05) is 0 Å². The second kappa shape index (κ2) is 2.57. The van der Waals surface area contributed by atoms with E-state index in [2.05, 4.69) is 22.4 Å². The first-order valence-corrected chi connectivity index (χ1v) is 3.80. The molecule has 1 heterocycles. The van der Waals surface area contributed by atoms with Gasteiger partial charge >= 0.3 is 0 Å². The topological polar surface area (TPSA) is 72.3 Å². The fourth-order valence-electron chi connectivity index (χ4n) is 0.964. The number of azo groups is 1. The van der Waals surface area contributed by atoms with Crippen molar-refractivity contribution >= 4 is 0 Å². The molecule has 4 heteroatoms. The van der Waals surface area contributed by atoms with Crippen molar-refractivity contribution in [1.29, 1.82) is 10.5 Å². The van der Waals surface area contributed by atoms with Crippen LogP contribution in [0.5, 0.6) is 0 Å². The lowest BCUT2D eigenvalue weighted by atomic mass is 9.88. The Kier molecular flexibility index (Phi) is 1.85. The van der Waals surface area contributed by atoms with Crippen LogP contribution in [-0.4, -0.2) is 11.1 Å². The third kappa shape index (κ3) is 1.43. The van der Waals surface area contributed by atoms with Crippen molar-refractivity contribution in [2.24, 2.45) is 10.2 Å². The van der Waals surface area contributed by atoms with E-state index in [1.165, 1.54) is 0 Å². The lowest BCUT2D eigenvalue weighted by Crippen LogP contribution is -2.31. The summed E-state index contributed by atoms with van der Waals surface area (Å²) >= 11 is 0. The molecule has 0 saturated heterocycles. The molecule has 0 amide bonds. The first-order chi connectivity index (χ1) is 5.54. The summed E-state index contributed by atoms with van der Waals surface area (Å²) in [7, 11) is 0. The third-order valence-corrected chi connectivity index (χ3v) is 2.07. The molecule has 0 aliphatic carbocycles. The Bertz CT molecular complexity index is 265. The third-order valence-electron chi connectivity index (χ3n) is 2.07. The summed E-state index contributed by atoms with van der Waals surface area (Å²) in [5.41, 5.74) is -1.42. The molecular weight excluding hydrogens is 152 g/mol. The Morgan fingerprint density at radius 1 is 1.00 bits per heavy atom. The minimum atomic E-state index is -0.712. The van der Waals surface area contributed by atoms with Gasteiger partial charge in [0.2, 0.25) is 0 Å². The fraction of sp³-hybridized carbons (Fsp3) is 0.750. The van der Waals surface area contributed by atoms with Crippen LogP contribution in [-0.2, 0) is 0 Å². The number of nitrogens with zero attached hydrogens (tertiary/aromatic N) is 4. The zero-order valence-electron chi connectivity index (χ0n) is 7.20. The molecule has 0 bridgehead atoms. The minimum Gasteiger partial charge on any atom is -0.196 e. The normalized spacial score (nSPS) is 40.0. The molecular formula is C8H10N4. The Labute approximate surface area is 71.5 Å². The van der Waals surface area contributed by atoms with E-state index in [0.717, 1.165) is 0 Å². The first kappa shape index (κ1) is 8.67. The molecule has 0 aromatic rings. The summed E-state index contributed by atoms with van der Waals surface area (Å²) in [6.07, 6.45) is 1.22. The molecule has 12 heavy (non-hydrogen) atoms. The fourth-order valence-corrected chi connectivity index (χ4v) is 0.964. The highest BCUT2D eigenvalue weighted by molar-refractivity contribution is 5.13. The largest absolute Gasteiger partial charge is 0.196 e. The summed E-state index contributed by atoms with van der Waals surface area (Å²) in [4.78, 5) is 0. The molecule has 62 valence electrons. The van der Waals surface area contributed by atoms with Crippen molar-refractivity contribution in [3.8, 4) is 12.1 Å². The maximum Gasteiger partial charge on any atom is 0.164 e. The van der Waals surface area contributed by atoms with Gasteiger partial charge in [-0.1, -0.05) is 0 Å². The number of rotatable bonds is 0. The highest BCUT2D eigenvalue weighted by Crippen LogP contribution is 2.31. The quantitative estimate of drug-likeness (QED) is 0.544. The molecule has 0 aromatic heterocycles. The van der Waals surface area contributed by atoms with Gasteiger partial charge in [0.25, 0.3) is 0 Å². The van der Waals surface area contributed by atoms with Gasteiger partial charge in [-0.05, 0) is 26.7 Å². The average Bonchev–Trinajstić information content (AvgIpc) is 2.11. The summed E-state index contributed by atoms with van der Waals surface area (Å²) in [5, 5.41) is 25.1. The zero-order chi connectivity index (χ0) is 9.24. The van der Waals surface area contributed by atoms with Crippen molar-refractivity contribution in [2.45, 2.75) is 37.8 Å².